The third-order valence-corrected chi connectivity index (χ3v) is 6.76. The number of rotatable bonds is 8. The molecule has 0 atom stereocenters. The van der Waals surface area contributed by atoms with Crippen molar-refractivity contribution in [3.05, 3.63) is 107 Å². The lowest BCUT2D eigenvalue weighted by molar-refractivity contribution is 0.0597. The van der Waals surface area contributed by atoms with Crippen LogP contribution >= 0.6 is 0 Å². The number of nitrogens with one attached hydrogen (secondary N) is 1. The Labute approximate surface area is 215 Å². The highest BCUT2D eigenvalue weighted by molar-refractivity contribution is 6.22. The minimum atomic E-state index is -0.443. The molecule has 4 aromatic carbocycles. The fourth-order valence-corrected chi connectivity index (χ4v) is 4.96. The number of ketones is 1. The van der Waals surface area contributed by atoms with E-state index in [1.54, 1.807) is 12.1 Å². The van der Waals surface area contributed by atoms with Gasteiger partial charge in [-0.05, 0) is 35.9 Å². The van der Waals surface area contributed by atoms with Gasteiger partial charge in [-0.3, -0.25) is 4.79 Å². The molecule has 0 fully saturated rings. The molecule has 1 aromatic heterocycles. The fraction of sp³-hybridized carbons (Fsp3) is 0.161. The lowest BCUT2D eigenvalue weighted by Gasteiger charge is -2.13. The van der Waals surface area contributed by atoms with Crippen molar-refractivity contribution in [2.45, 2.75) is 13.5 Å². The first-order chi connectivity index (χ1) is 18.0. The van der Waals surface area contributed by atoms with Crippen LogP contribution in [-0.4, -0.2) is 37.1 Å². The second kappa shape index (κ2) is 10.2. The lowest BCUT2D eigenvalue weighted by Crippen LogP contribution is -2.13. The number of para-hydroxylation sites is 1. The van der Waals surface area contributed by atoms with Crippen molar-refractivity contribution in [1.82, 2.24) is 4.57 Å². The van der Waals surface area contributed by atoms with Gasteiger partial charge in [0, 0.05) is 47.0 Å². The van der Waals surface area contributed by atoms with Crippen LogP contribution in [0.3, 0.4) is 0 Å². The molecule has 37 heavy (non-hydrogen) atoms. The number of hydrogen-bond donors (Lipinski definition) is 1. The monoisotopic (exact) mass is 492 g/mol. The summed E-state index contributed by atoms with van der Waals surface area (Å²) in [6, 6.07) is 27.2. The largest absolute Gasteiger partial charge is 0.496 e. The normalized spacial score (nSPS) is 11.0. The highest BCUT2D eigenvalue weighted by atomic mass is 16.5. The van der Waals surface area contributed by atoms with Gasteiger partial charge in [-0.25, -0.2) is 4.79 Å². The molecule has 5 rings (SSSR count). The van der Waals surface area contributed by atoms with E-state index < -0.39 is 5.97 Å². The second-order valence-electron chi connectivity index (χ2n) is 8.82. The molecule has 0 saturated heterocycles. The van der Waals surface area contributed by atoms with Crippen LogP contribution in [0.2, 0.25) is 0 Å². The Morgan fingerprint density at radius 2 is 1.57 bits per heavy atom. The van der Waals surface area contributed by atoms with Crippen LogP contribution in [0.25, 0.3) is 21.7 Å². The molecule has 6 nitrogen and oxygen atoms in total. The van der Waals surface area contributed by atoms with Crippen LogP contribution in [0.4, 0.5) is 5.69 Å². The Balaban J connectivity index is 1.45. The van der Waals surface area contributed by atoms with Crippen LogP contribution in [0.5, 0.6) is 5.75 Å². The van der Waals surface area contributed by atoms with Crippen LogP contribution in [0, 0.1) is 6.92 Å². The molecule has 0 bridgehead atoms. The molecule has 0 saturated carbocycles. The van der Waals surface area contributed by atoms with Crippen molar-refractivity contribution < 1.29 is 19.1 Å². The van der Waals surface area contributed by atoms with Gasteiger partial charge in [0.1, 0.15) is 11.3 Å². The average molecular weight is 493 g/mol. The first-order valence-electron chi connectivity index (χ1n) is 12.1. The number of ether oxygens (including phenoxy) is 2. The quantitative estimate of drug-likeness (QED) is 0.205. The number of carbonyl (C=O) groups excluding carboxylic acids is 2. The number of aromatic nitrogens is 1. The molecule has 5 aromatic rings. The molecule has 0 unspecified atom stereocenters. The first kappa shape index (κ1) is 24.1. The molecule has 186 valence electrons. The number of hydrogen-bond acceptors (Lipinski definition) is 5. The minimum Gasteiger partial charge on any atom is -0.496 e. The summed E-state index contributed by atoms with van der Waals surface area (Å²) in [5.41, 5.74) is 4.59. The summed E-state index contributed by atoms with van der Waals surface area (Å²) in [6.07, 6.45) is 0. The predicted molar refractivity (Wildman–Crippen MR) is 147 cm³/mol. The van der Waals surface area contributed by atoms with Gasteiger partial charge in [0.2, 0.25) is 0 Å². The maximum atomic E-state index is 13.9. The van der Waals surface area contributed by atoms with Gasteiger partial charge in [-0.1, -0.05) is 60.7 Å². The highest BCUT2D eigenvalue weighted by Crippen LogP contribution is 2.30. The molecule has 0 aliphatic heterocycles. The zero-order chi connectivity index (χ0) is 25.9. The van der Waals surface area contributed by atoms with E-state index in [1.165, 1.54) is 14.2 Å². The number of methoxy groups -OCH3 is 2. The number of carbonyl (C=O) groups is 2. The van der Waals surface area contributed by atoms with Crippen LogP contribution in [0.15, 0.2) is 84.9 Å². The summed E-state index contributed by atoms with van der Waals surface area (Å²) in [5.74, 6) is 0.0315. The Morgan fingerprint density at radius 3 is 2.35 bits per heavy atom. The van der Waals surface area contributed by atoms with Crippen molar-refractivity contribution in [1.29, 1.82) is 0 Å². The van der Waals surface area contributed by atoms with Crippen molar-refractivity contribution in [3.8, 4) is 5.75 Å². The van der Waals surface area contributed by atoms with E-state index in [4.69, 9.17) is 9.47 Å². The summed E-state index contributed by atoms with van der Waals surface area (Å²) in [6.45, 7) is 3.27. The summed E-state index contributed by atoms with van der Waals surface area (Å²) < 4.78 is 12.4. The summed E-state index contributed by atoms with van der Waals surface area (Å²) in [7, 11) is 2.87. The van der Waals surface area contributed by atoms with E-state index in [0.29, 0.717) is 30.0 Å². The molecule has 0 radical (unpaired) electrons. The van der Waals surface area contributed by atoms with E-state index in [9.17, 15) is 9.59 Å². The SMILES string of the molecule is COC(=O)c1ccc(NCCn2c(C)c(C(=O)c3cccc4ccccc34)c3ccccc32)cc1OC. The predicted octanol–water partition coefficient (Wildman–Crippen LogP) is 6.24. The van der Waals surface area contributed by atoms with E-state index >= 15 is 0 Å². The van der Waals surface area contributed by atoms with Gasteiger partial charge in [-0.15, -0.1) is 0 Å². The molecule has 0 aliphatic rings. The second-order valence-corrected chi connectivity index (χ2v) is 8.82. The topological polar surface area (TPSA) is 69.6 Å². The third-order valence-electron chi connectivity index (χ3n) is 6.76. The molecule has 6 heteroatoms. The number of nitrogens with zero attached hydrogens (tertiary/aromatic N) is 1. The third kappa shape index (κ3) is 4.42. The molecule has 0 spiro atoms. The summed E-state index contributed by atoms with van der Waals surface area (Å²) in [5, 5.41) is 6.35. The summed E-state index contributed by atoms with van der Waals surface area (Å²) >= 11 is 0. The number of benzene rings is 4. The van der Waals surface area contributed by atoms with Gasteiger partial charge >= 0.3 is 5.97 Å². The molecular formula is C31H28N2O4. The zero-order valence-corrected chi connectivity index (χ0v) is 21.1. The standard InChI is InChI=1S/C31H28N2O4/c1-20-29(30(34)24-13-8-10-21-9-4-5-11-23(21)24)25-12-6-7-14-27(25)33(20)18-17-32-22-15-16-26(31(35)37-3)28(19-22)36-2/h4-16,19,32H,17-18H2,1-3H3. The van der Waals surface area contributed by atoms with E-state index in [2.05, 4.69) is 16.0 Å². The summed E-state index contributed by atoms with van der Waals surface area (Å²) in [4.78, 5) is 25.8. The minimum absolute atomic E-state index is 0.0281. The van der Waals surface area contributed by atoms with Crippen molar-refractivity contribution >= 4 is 39.1 Å². The molecule has 1 heterocycles. The molecular weight excluding hydrogens is 464 g/mol. The van der Waals surface area contributed by atoms with Gasteiger partial charge in [0.05, 0.1) is 19.8 Å². The fourth-order valence-electron chi connectivity index (χ4n) is 4.96. The van der Waals surface area contributed by atoms with Crippen LogP contribution in [-0.2, 0) is 11.3 Å². The van der Waals surface area contributed by atoms with E-state index in [0.717, 1.165) is 38.6 Å². The van der Waals surface area contributed by atoms with Gasteiger partial charge in [-0.2, -0.15) is 0 Å². The first-order valence-corrected chi connectivity index (χ1v) is 12.1. The number of esters is 1. The maximum absolute atomic E-state index is 13.9. The zero-order valence-electron chi connectivity index (χ0n) is 21.1. The van der Waals surface area contributed by atoms with Crippen LogP contribution in [0.1, 0.15) is 32.0 Å². The number of anilines is 1. The smallest absolute Gasteiger partial charge is 0.341 e. The van der Waals surface area contributed by atoms with Crippen molar-refractivity contribution in [2.24, 2.45) is 0 Å². The Bertz CT molecular complexity index is 1630. The molecule has 1 N–H and O–H groups in total. The average Bonchev–Trinajstić information content (AvgIpc) is 3.22. The van der Waals surface area contributed by atoms with Crippen LogP contribution < -0.4 is 10.1 Å². The lowest BCUT2D eigenvalue weighted by atomic mass is 9.95. The van der Waals surface area contributed by atoms with Gasteiger partial charge in [0.15, 0.2) is 5.78 Å². The van der Waals surface area contributed by atoms with Gasteiger partial charge in [0.25, 0.3) is 0 Å². The Hall–Kier alpha value is -4.58. The number of fused-ring (bicyclic) bond motifs is 2. The van der Waals surface area contributed by atoms with Gasteiger partial charge < -0.3 is 19.4 Å². The molecule has 0 amide bonds. The van der Waals surface area contributed by atoms with Crippen molar-refractivity contribution in [3.63, 3.8) is 0 Å². The van der Waals surface area contributed by atoms with E-state index in [-0.39, 0.29) is 5.78 Å². The van der Waals surface area contributed by atoms with Crippen molar-refractivity contribution in [2.75, 3.05) is 26.1 Å². The Kier molecular flexibility index (Phi) is 6.64. The maximum Gasteiger partial charge on any atom is 0.341 e. The highest BCUT2D eigenvalue weighted by Gasteiger charge is 2.22. The molecule has 0 aliphatic carbocycles. The Morgan fingerprint density at radius 1 is 0.838 bits per heavy atom. The van der Waals surface area contributed by atoms with E-state index in [1.807, 2.05) is 73.7 Å².